The number of hydrogen-bond donors (Lipinski definition) is 2. The van der Waals surface area contributed by atoms with Crippen LogP contribution < -0.4 is 0 Å². The summed E-state index contributed by atoms with van der Waals surface area (Å²) in [7, 11) is 0. The van der Waals surface area contributed by atoms with Gasteiger partial charge < -0.3 is 14.9 Å². The highest BCUT2D eigenvalue weighted by Crippen LogP contribution is 2.31. The predicted octanol–water partition coefficient (Wildman–Crippen LogP) is 1.58. The van der Waals surface area contributed by atoms with Crippen molar-refractivity contribution in [2.75, 3.05) is 13.2 Å². The third-order valence-electron chi connectivity index (χ3n) is 2.82. The number of carboxylic acid groups (broad SMARTS) is 1. The fourth-order valence-corrected chi connectivity index (χ4v) is 1.77. The van der Waals surface area contributed by atoms with Crippen LogP contribution >= 0.6 is 0 Å². The molecule has 1 atom stereocenters. The molecule has 0 radical (unpaired) electrons. The number of carboxylic acids is 1. The Morgan fingerprint density at radius 1 is 1.18 bits per heavy atom. The van der Waals surface area contributed by atoms with Crippen molar-refractivity contribution >= 4 is 11.9 Å². The number of hydrogen-bond acceptors (Lipinski definition) is 4. The number of unbranched alkanes of at least 4 members (excludes halogenated alkanes) is 2. The molecular weight excluding hydrogens is 224 g/mol. The lowest BCUT2D eigenvalue weighted by atomic mass is 9.79. The largest absolute Gasteiger partial charge is 0.480 e. The average molecular weight is 246 g/mol. The minimum absolute atomic E-state index is 0.0924. The molecule has 2 N–H and O–H groups in total. The molecule has 100 valence electrons. The number of aliphatic carboxylic acids is 1. The van der Waals surface area contributed by atoms with Gasteiger partial charge in [0.05, 0.1) is 6.61 Å². The van der Waals surface area contributed by atoms with E-state index in [1.54, 1.807) is 6.92 Å². The van der Waals surface area contributed by atoms with Crippen molar-refractivity contribution in [3.63, 3.8) is 0 Å². The minimum Gasteiger partial charge on any atom is -0.480 e. The molecule has 0 fully saturated rings. The molecule has 0 aromatic heterocycles. The highest BCUT2D eigenvalue weighted by Gasteiger charge is 2.46. The molecule has 0 aliphatic carbocycles. The van der Waals surface area contributed by atoms with Gasteiger partial charge in [0, 0.05) is 6.61 Å². The van der Waals surface area contributed by atoms with Crippen molar-refractivity contribution in [1.82, 2.24) is 0 Å². The van der Waals surface area contributed by atoms with Crippen molar-refractivity contribution in [3.05, 3.63) is 0 Å². The normalized spacial score (nSPS) is 14.1. The molecule has 0 aliphatic heterocycles. The molecule has 17 heavy (non-hydrogen) atoms. The Morgan fingerprint density at radius 2 is 1.82 bits per heavy atom. The molecule has 0 rings (SSSR count). The second-order valence-corrected chi connectivity index (χ2v) is 4.04. The van der Waals surface area contributed by atoms with E-state index in [9.17, 15) is 14.7 Å². The smallest absolute Gasteiger partial charge is 0.323 e. The van der Waals surface area contributed by atoms with E-state index in [1.165, 1.54) is 0 Å². The first-order valence-electron chi connectivity index (χ1n) is 6.06. The topological polar surface area (TPSA) is 83.8 Å². The minimum atomic E-state index is -1.58. The van der Waals surface area contributed by atoms with Gasteiger partial charge in [0.2, 0.25) is 0 Å². The monoisotopic (exact) mass is 246 g/mol. The van der Waals surface area contributed by atoms with Gasteiger partial charge in [-0.15, -0.1) is 0 Å². The summed E-state index contributed by atoms with van der Waals surface area (Å²) in [5, 5.41) is 18.2. The van der Waals surface area contributed by atoms with Crippen molar-refractivity contribution in [2.24, 2.45) is 5.41 Å². The number of carbonyl (C=O) groups excluding carboxylic acids is 1. The van der Waals surface area contributed by atoms with Crippen LogP contribution in [0.25, 0.3) is 0 Å². The first kappa shape index (κ1) is 15.9. The van der Waals surface area contributed by atoms with E-state index in [4.69, 9.17) is 9.84 Å². The number of esters is 1. The third-order valence-corrected chi connectivity index (χ3v) is 2.82. The van der Waals surface area contributed by atoms with Crippen LogP contribution in [-0.2, 0) is 14.3 Å². The number of aliphatic hydroxyl groups excluding tert-OH is 1. The summed E-state index contributed by atoms with van der Waals surface area (Å²) >= 11 is 0. The molecule has 0 saturated heterocycles. The maximum Gasteiger partial charge on any atom is 0.323 e. The summed E-state index contributed by atoms with van der Waals surface area (Å²) in [4.78, 5) is 23.1. The fourth-order valence-electron chi connectivity index (χ4n) is 1.77. The lowest BCUT2D eigenvalue weighted by Crippen LogP contribution is -2.41. The van der Waals surface area contributed by atoms with E-state index < -0.39 is 17.4 Å². The van der Waals surface area contributed by atoms with E-state index in [0.717, 1.165) is 12.8 Å². The Bertz CT molecular complexity index is 251. The van der Waals surface area contributed by atoms with E-state index >= 15 is 0 Å². The van der Waals surface area contributed by atoms with Gasteiger partial charge in [0.25, 0.3) is 0 Å². The summed E-state index contributed by atoms with van der Waals surface area (Å²) in [6.45, 7) is 3.44. The fraction of sp³-hybridized carbons (Fsp3) is 0.833. The van der Waals surface area contributed by atoms with Gasteiger partial charge in [-0.2, -0.15) is 0 Å². The second kappa shape index (κ2) is 8.06. The number of rotatable bonds is 9. The van der Waals surface area contributed by atoms with Crippen LogP contribution in [0.1, 0.15) is 46.0 Å². The van der Waals surface area contributed by atoms with Gasteiger partial charge in [-0.25, -0.2) is 0 Å². The Balaban J connectivity index is 4.84. The molecule has 0 bridgehead atoms. The Kier molecular flexibility index (Phi) is 7.54. The molecular formula is C12H22O5. The maximum absolute atomic E-state index is 11.8. The molecule has 0 aliphatic rings. The lowest BCUT2D eigenvalue weighted by Gasteiger charge is -2.26. The van der Waals surface area contributed by atoms with Crippen molar-refractivity contribution in [3.8, 4) is 0 Å². The Morgan fingerprint density at radius 3 is 2.24 bits per heavy atom. The number of aliphatic hydroxyl groups is 1. The summed E-state index contributed by atoms with van der Waals surface area (Å²) in [6.07, 6.45) is 2.57. The Hall–Kier alpha value is -1.10. The van der Waals surface area contributed by atoms with Gasteiger partial charge in [0.15, 0.2) is 5.41 Å². The molecule has 0 heterocycles. The highest BCUT2D eigenvalue weighted by atomic mass is 16.5. The van der Waals surface area contributed by atoms with E-state index in [0.29, 0.717) is 6.42 Å². The van der Waals surface area contributed by atoms with Crippen LogP contribution in [0.15, 0.2) is 0 Å². The van der Waals surface area contributed by atoms with E-state index in [1.807, 2.05) is 6.92 Å². The van der Waals surface area contributed by atoms with Crippen molar-refractivity contribution in [1.29, 1.82) is 0 Å². The molecule has 0 aromatic carbocycles. The molecule has 5 heteroatoms. The van der Waals surface area contributed by atoms with Crippen LogP contribution in [0.3, 0.4) is 0 Å². The van der Waals surface area contributed by atoms with Gasteiger partial charge in [-0.3, -0.25) is 9.59 Å². The van der Waals surface area contributed by atoms with Gasteiger partial charge >= 0.3 is 11.9 Å². The summed E-state index contributed by atoms with van der Waals surface area (Å²) in [5.41, 5.74) is -1.58. The SMILES string of the molecule is CCCCCC(CCO)(C(=O)O)C(=O)OCC. The Labute approximate surface area is 102 Å². The van der Waals surface area contributed by atoms with Crippen molar-refractivity contribution < 1.29 is 24.5 Å². The number of ether oxygens (including phenoxy) is 1. The summed E-state index contributed by atoms with van der Waals surface area (Å²) in [6, 6.07) is 0. The summed E-state index contributed by atoms with van der Waals surface area (Å²) < 4.78 is 4.82. The molecule has 0 saturated carbocycles. The lowest BCUT2D eigenvalue weighted by molar-refractivity contribution is -0.170. The second-order valence-electron chi connectivity index (χ2n) is 4.04. The molecule has 1 unspecified atom stereocenters. The first-order chi connectivity index (χ1) is 8.05. The summed E-state index contributed by atoms with van der Waals surface area (Å²) in [5.74, 6) is -1.95. The van der Waals surface area contributed by atoms with Crippen LogP contribution in [0.4, 0.5) is 0 Å². The van der Waals surface area contributed by atoms with E-state index in [-0.39, 0.29) is 26.1 Å². The third kappa shape index (κ3) is 4.34. The van der Waals surface area contributed by atoms with E-state index in [2.05, 4.69) is 0 Å². The zero-order valence-corrected chi connectivity index (χ0v) is 10.6. The zero-order valence-electron chi connectivity index (χ0n) is 10.6. The highest BCUT2D eigenvalue weighted by molar-refractivity contribution is 5.99. The van der Waals surface area contributed by atoms with Crippen LogP contribution in [0.5, 0.6) is 0 Å². The predicted molar refractivity (Wildman–Crippen MR) is 62.5 cm³/mol. The number of carbonyl (C=O) groups is 2. The van der Waals surface area contributed by atoms with Crippen LogP contribution in [-0.4, -0.2) is 35.4 Å². The van der Waals surface area contributed by atoms with Gasteiger partial charge in [-0.05, 0) is 19.8 Å². The zero-order chi connectivity index (χ0) is 13.3. The van der Waals surface area contributed by atoms with Crippen LogP contribution in [0, 0.1) is 5.41 Å². The quantitative estimate of drug-likeness (QED) is 0.366. The first-order valence-corrected chi connectivity index (χ1v) is 6.06. The standard InChI is InChI=1S/C12H22O5/c1-3-5-6-7-12(8-9-13,10(14)15)11(16)17-4-2/h13H,3-9H2,1-2H3,(H,14,15). The van der Waals surface area contributed by atoms with Crippen molar-refractivity contribution in [2.45, 2.75) is 46.0 Å². The molecule has 0 amide bonds. The van der Waals surface area contributed by atoms with Gasteiger partial charge in [0.1, 0.15) is 0 Å². The maximum atomic E-state index is 11.8. The molecule has 5 nitrogen and oxygen atoms in total. The molecule has 0 spiro atoms. The van der Waals surface area contributed by atoms with Crippen LogP contribution in [0.2, 0.25) is 0 Å². The van der Waals surface area contributed by atoms with Gasteiger partial charge in [-0.1, -0.05) is 26.2 Å². The average Bonchev–Trinajstić information content (AvgIpc) is 2.28. The molecule has 0 aromatic rings.